The van der Waals surface area contributed by atoms with E-state index in [0.29, 0.717) is 47.1 Å². The molecule has 35 heavy (non-hydrogen) atoms. The number of hydrogen-bond acceptors (Lipinski definition) is 6. The van der Waals surface area contributed by atoms with Crippen LogP contribution in [0.3, 0.4) is 0 Å². The van der Waals surface area contributed by atoms with Crippen molar-refractivity contribution in [2.45, 2.75) is 26.7 Å². The van der Waals surface area contributed by atoms with Gasteiger partial charge in [-0.15, -0.1) is 0 Å². The summed E-state index contributed by atoms with van der Waals surface area (Å²) < 4.78 is 17.1. The third-order valence-electron chi connectivity index (χ3n) is 6.55. The minimum atomic E-state index is -0.680. The third-order valence-corrected chi connectivity index (χ3v) is 6.55. The lowest BCUT2D eigenvalue weighted by atomic mass is 9.77. The minimum Gasteiger partial charge on any atom is -0.494 e. The van der Waals surface area contributed by atoms with Crippen LogP contribution in [0.5, 0.6) is 11.5 Å². The number of dihydropyridines is 1. The van der Waals surface area contributed by atoms with Crippen LogP contribution in [0, 0.1) is 0 Å². The molecule has 1 heterocycles. The fraction of sp³-hybridized carbons (Fsp3) is 0.241. The Bertz CT molecular complexity index is 1430. The monoisotopic (exact) mass is 469 g/mol. The van der Waals surface area contributed by atoms with Crippen molar-refractivity contribution in [3.8, 4) is 11.5 Å². The number of methoxy groups -OCH3 is 1. The summed E-state index contributed by atoms with van der Waals surface area (Å²) in [7, 11) is 1.36. The molecule has 0 saturated carbocycles. The number of Topliss-reactive ketones (excluding diaryl/α,β-unsaturated/α-hetero) is 1. The Balaban J connectivity index is 1.86. The molecule has 5 rings (SSSR count). The standard InChI is InChI=1S/C29H27NO5/c1-5-34-18-13-11-17-12-14-22(35-6-2)24(21(17)15-18)25-23(29(32)33-4)16(3)30-27-19-9-7-8-10-20(19)28(31)26(25)27/h7-15,25,30H,5-6H2,1-4H3/t25-/m1/s1. The van der Waals surface area contributed by atoms with E-state index in [2.05, 4.69) is 5.32 Å². The van der Waals surface area contributed by atoms with E-state index in [1.165, 1.54) is 7.11 Å². The number of ether oxygens (including phenoxy) is 3. The van der Waals surface area contributed by atoms with Gasteiger partial charge in [-0.1, -0.05) is 36.4 Å². The predicted octanol–water partition coefficient (Wildman–Crippen LogP) is 5.38. The number of benzene rings is 3. The van der Waals surface area contributed by atoms with E-state index in [1.54, 1.807) is 0 Å². The number of rotatable bonds is 6. The lowest BCUT2D eigenvalue weighted by Crippen LogP contribution is -2.29. The number of carbonyl (C=O) groups is 2. The van der Waals surface area contributed by atoms with Crippen molar-refractivity contribution in [3.63, 3.8) is 0 Å². The number of fused-ring (bicyclic) bond motifs is 3. The number of carbonyl (C=O) groups excluding carboxylic acids is 2. The van der Waals surface area contributed by atoms with Crippen molar-refractivity contribution >= 4 is 28.2 Å². The number of nitrogens with one attached hydrogen (secondary N) is 1. The first kappa shape index (κ1) is 22.7. The normalized spacial score (nSPS) is 16.7. The highest BCUT2D eigenvalue weighted by atomic mass is 16.5. The summed E-state index contributed by atoms with van der Waals surface area (Å²) in [6.07, 6.45) is 0. The Labute approximate surface area is 204 Å². The van der Waals surface area contributed by atoms with Crippen LogP contribution < -0.4 is 14.8 Å². The zero-order chi connectivity index (χ0) is 24.7. The van der Waals surface area contributed by atoms with E-state index < -0.39 is 11.9 Å². The van der Waals surface area contributed by atoms with Crippen LogP contribution in [0.2, 0.25) is 0 Å². The van der Waals surface area contributed by atoms with Crippen LogP contribution in [-0.4, -0.2) is 32.1 Å². The highest BCUT2D eigenvalue weighted by Crippen LogP contribution is 2.50. The van der Waals surface area contributed by atoms with Crippen molar-refractivity contribution in [1.82, 2.24) is 5.32 Å². The van der Waals surface area contributed by atoms with Crippen molar-refractivity contribution in [1.29, 1.82) is 0 Å². The summed E-state index contributed by atoms with van der Waals surface area (Å²) in [5.74, 6) is 0.0450. The molecule has 1 aliphatic carbocycles. The average molecular weight is 470 g/mol. The Morgan fingerprint density at radius 1 is 0.971 bits per heavy atom. The number of hydrogen-bond donors (Lipinski definition) is 1. The molecule has 0 radical (unpaired) electrons. The van der Waals surface area contributed by atoms with Crippen LogP contribution in [0.25, 0.3) is 16.5 Å². The van der Waals surface area contributed by atoms with E-state index in [4.69, 9.17) is 14.2 Å². The predicted molar refractivity (Wildman–Crippen MR) is 135 cm³/mol. The first-order valence-electron chi connectivity index (χ1n) is 11.8. The van der Waals surface area contributed by atoms with Gasteiger partial charge in [-0.2, -0.15) is 0 Å². The minimum absolute atomic E-state index is 0.109. The molecular weight excluding hydrogens is 442 g/mol. The quantitative estimate of drug-likeness (QED) is 0.489. The van der Waals surface area contributed by atoms with Crippen molar-refractivity contribution in [2.75, 3.05) is 20.3 Å². The molecule has 6 heteroatoms. The second-order valence-corrected chi connectivity index (χ2v) is 8.48. The van der Waals surface area contributed by atoms with Crippen molar-refractivity contribution < 1.29 is 23.8 Å². The van der Waals surface area contributed by atoms with Crippen LogP contribution in [0.15, 0.2) is 71.4 Å². The summed E-state index contributed by atoms with van der Waals surface area (Å²) in [5, 5.41) is 5.15. The Kier molecular flexibility index (Phi) is 5.81. The number of allylic oxidation sites excluding steroid dienone is 2. The van der Waals surface area contributed by atoms with Crippen molar-refractivity contribution in [2.24, 2.45) is 0 Å². The maximum atomic E-state index is 13.8. The molecule has 3 aromatic carbocycles. The summed E-state index contributed by atoms with van der Waals surface area (Å²) in [5.41, 5.74) is 4.47. The molecule has 0 spiro atoms. The van der Waals surface area contributed by atoms with Gasteiger partial charge in [0.2, 0.25) is 0 Å². The second kappa shape index (κ2) is 8.95. The molecule has 3 aromatic rings. The summed E-state index contributed by atoms with van der Waals surface area (Å²) >= 11 is 0. The first-order valence-corrected chi connectivity index (χ1v) is 11.8. The van der Waals surface area contributed by atoms with Gasteiger partial charge in [0.15, 0.2) is 5.78 Å². The molecule has 2 aliphatic rings. The molecule has 0 bridgehead atoms. The molecule has 0 saturated heterocycles. The van der Waals surface area contributed by atoms with Gasteiger partial charge in [0.05, 0.1) is 37.5 Å². The maximum Gasteiger partial charge on any atom is 0.336 e. The lowest BCUT2D eigenvalue weighted by Gasteiger charge is -2.31. The Morgan fingerprint density at radius 3 is 2.40 bits per heavy atom. The van der Waals surface area contributed by atoms with Gasteiger partial charge < -0.3 is 19.5 Å². The van der Waals surface area contributed by atoms with Crippen LogP contribution in [0.4, 0.5) is 0 Å². The third kappa shape index (κ3) is 3.57. The largest absolute Gasteiger partial charge is 0.494 e. The van der Waals surface area contributed by atoms with Gasteiger partial charge in [-0.05, 0) is 49.7 Å². The molecular formula is C29H27NO5. The number of ketones is 1. The van der Waals surface area contributed by atoms with E-state index in [0.717, 1.165) is 27.6 Å². The van der Waals surface area contributed by atoms with Gasteiger partial charge in [0.25, 0.3) is 0 Å². The first-order chi connectivity index (χ1) is 17.0. The molecule has 178 valence electrons. The highest BCUT2D eigenvalue weighted by molar-refractivity contribution is 6.23. The molecule has 0 unspecified atom stereocenters. The van der Waals surface area contributed by atoms with E-state index in [-0.39, 0.29) is 5.78 Å². The smallest absolute Gasteiger partial charge is 0.336 e. The van der Waals surface area contributed by atoms with Crippen LogP contribution in [-0.2, 0) is 9.53 Å². The van der Waals surface area contributed by atoms with E-state index >= 15 is 0 Å². The van der Waals surface area contributed by atoms with Crippen LogP contribution >= 0.6 is 0 Å². The van der Waals surface area contributed by atoms with Gasteiger partial charge in [-0.25, -0.2) is 4.79 Å². The molecule has 0 fully saturated rings. The summed E-state index contributed by atoms with van der Waals surface area (Å²) in [6.45, 7) is 6.64. The molecule has 1 aliphatic heterocycles. The Morgan fingerprint density at radius 2 is 1.69 bits per heavy atom. The topological polar surface area (TPSA) is 73.9 Å². The molecule has 6 nitrogen and oxygen atoms in total. The SMILES string of the molecule is CCOc1ccc2ccc(OCC)c([C@H]3C(C(=O)OC)=C(C)NC4=C3C(=O)c3ccccc34)c2c1. The van der Waals surface area contributed by atoms with E-state index in [1.807, 2.05) is 75.4 Å². The average Bonchev–Trinajstić information content (AvgIpc) is 3.15. The maximum absolute atomic E-state index is 13.8. The lowest BCUT2D eigenvalue weighted by molar-refractivity contribution is -0.136. The molecule has 1 atom stereocenters. The second-order valence-electron chi connectivity index (χ2n) is 8.48. The van der Waals surface area contributed by atoms with Gasteiger partial charge in [0.1, 0.15) is 11.5 Å². The fourth-order valence-corrected chi connectivity index (χ4v) is 5.14. The van der Waals surface area contributed by atoms with Gasteiger partial charge in [0, 0.05) is 28.0 Å². The summed E-state index contributed by atoms with van der Waals surface area (Å²) in [6, 6.07) is 17.2. The molecule has 1 N–H and O–H groups in total. The fourth-order valence-electron chi connectivity index (χ4n) is 5.14. The highest BCUT2D eigenvalue weighted by Gasteiger charge is 2.44. The molecule has 0 amide bonds. The summed E-state index contributed by atoms with van der Waals surface area (Å²) in [4.78, 5) is 27.0. The van der Waals surface area contributed by atoms with Gasteiger partial charge in [-0.3, -0.25) is 4.79 Å². The zero-order valence-corrected chi connectivity index (χ0v) is 20.2. The van der Waals surface area contributed by atoms with Crippen LogP contribution in [0.1, 0.15) is 48.2 Å². The molecule has 0 aromatic heterocycles. The number of esters is 1. The van der Waals surface area contributed by atoms with Gasteiger partial charge >= 0.3 is 5.97 Å². The van der Waals surface area contributed by atoms with Crippen molar-refractivity contribution in [3.05, 3.63) is 88.1 Å². The van der Waals surface area contributed by atoms with E-state index in [9.17, 15) is 9.59 Å². The Hall–Kier alpha value is -4.06. The zero-order valence-electron chi connectivity index (χ0n) is 20.2.